The molecule has 0 rings (SSSR count). The monoisotopic (exact) mass is 158 g/mol. The van der Waals surface area contributed by atoms with E-state index in [1.165, 1.54) is 0 Å². The van der Waals surface area contributed by atoms with Gasteiger partial charge >= 0.3 is 37.7 Å². The average molecular weight is 158 g/mol. The van der Waals surface area contributed by atoms with Crippen molar-refractivity contribution in [3.63, 3.8) is 0 Å². The molecule has 0 aromatic carbocycles. The summed E-state index contributed by atoms with van der Waals surface area (Å²) >= 11 is -2.61. The van der Waals surface area contributed by atoms with Gasteiger partial charge in [0.25, 0.3) is 11.4 Å². The van der Waals surface area contributed by atoms with Crippen molar-refractivity contribution in [3.05, 3.63) is 0 Å². The van der Waals surface area contributed by atoms with E-state index in [9.17, 15) is 0 Å². The van der Waals surface area contributed by atoms with Crippen LogP contribution >= 0.6 is 0 Å². The second kappa shape index (κ2) is 15.7. The van der Waals surface area contributed by atoms with Crippen molar-refractivity contribution in [2.75, 3.05) is 0 Å². The molecule has 0 aromatic rings. The van der Waals surface area contributed by atoms with Gasteiger partial charge < -0.3 is 0 Å². The summed E-state index contributed by atoms with van der Waals surface area (Å²) in [6.07, 6.45) is 0. The molecule has 5 nitrogen and oxygen atoms in total. The molecule has 0 atom stereocenters. The van der Waals surface area contributed by atoms with E-state index >= 15 is 0 Å². The second-order valence-electron chi connectivity index (χ2n) is 0.231. The Hall–Kier alpha value is 1.25. The molecule has 0 aliphatic heterocycles. The van der Waals surface area contributed by atoms with Crippen LogP contribution in [0.2, 0.25) is 0 Å². The first-order valence-corrected chi connectivity index (χ1v) is 1.80. The van der Waals surface area contributed by atoms with Gasteiger partial charge in [-0.3, -0.25) is 19.6 Å². The van der Waals surface area contributed by atoms with Crippen molar-refractivity contribution < 1.29 is 23.8 Å². The van der Waals surface area contributed by atoms with E-state index in [4.69, 9.17) is 23.8 Å². The third kappa shape index (κ3) is 128. The Bertz CT molecular complexity index is 31.1. The minimum atomic E-state index is -2.61. The molecule has 0 heterocycles. The molecular formula is H6CaO5S. The summed E-state index contributed by atoms with van der Waals surface area (Å²) in [7, 11) is 0. The summed E-state index contributed by atoms with van der Waals surface area (Å²) in [5.74, 6) is 0. The molecule has 0 aliphatic carbocycles. The molecule has 0 radical (unpaired) electrons. The Balaban J connectivity index is -0.0000000480. The molecule has 0 saturated carbocycles. The van der Waals surface area contributed by atoms with E-state index in [-0.39, 0.29) is 37.7 Å². The third-order valence-electron chi connectivity index (χ3n) is 0. The average Bonchev–Trinajstić information content (AvgIpc) is 1.41. The topological polar surface area (TPSA) is 98.0 Å². The number of hydrogen-bond donors (Lipinski definition) is 4. The predicted octanol–water partition coefficient (Wildman–Crippen LogP) is -1.22. The third-order valence-corrected chi connectivity index (χ3v) is 0. The van der Waals surface area contributed by atoms with Gasteiger partial charge in [0.1, 0.15) is 0 Å². The maximum absolute atomic E-state index is 8.67. The van der Waals surface area contributed by atoms with Crippen molar-refractivity contribution in [1.82, 2.24) is 0 Å². The Labute approximate surface area is 72.4 Å². The molecule has 0 unspecified atom stereocenters. The van der Waals surface area contributed by atoms with Crippen LogP contribution in [0.25, 0.3) is 0 Å². The molecule has 7 heavy (non-hydrogen) atoms. The Morgan fingerprint density at radius 1 is 1.14 bits per heavy atom. The van der Waals surface area contributed by atoms with Gasteiger partial charge in [-0.2, -0.15) is 4.21 Å². The summed E-state index contributed by atoms with van der Waals surface area (Å²) in [6.45, 7) is 0. The Morgan fingerprint density at radius 2 is 1.14 bits per heavy atom. The van der Waals surface area contributed by atoms with Crippen LogP contribution in [0.3, 0.4) is 0 Å². The number of hydrogen-bond acceptors (Lipinski definition) is 3. The van der Waals surface area contributed by atoms with Gasteiger partial charge in [-0.15, -0.1) is 0 Å². The summed E-state index contributed by atoms with van der Waals surface area (Å²) < 4.78 is 22.8. The van der Waals surface area contributed by atoms with Gasteiger partial charge in [-0.05, 0) is 0 Å². The van der Waals surface area contributed by atoms with Crippen LogP contribution in [0.1, 0.15) is 0 Å². The van der Waals surface area contributed by atoms with Crippen LogP contribution in [0.15, 0.2) is 0 Å². The molecule has 7 heteroatoms. The predicted molar refractivity (Wildman–Crippen MR) is 27.2 cm³/mol. The summed E-state index contributed by atoms with van der Waals surface area (Å²) in [5, 5.41) is 12.0. The molecule has 0 aliphatic rings. The first-order chi connectivity index (χ1) is 2.73. The van der Waals surface area contributed by atoms with E-state index in [2.05, 4.69) is 0 Å². The van der Waals surface area contributed by atoms with Crippen molar-refractivity contribution in [2.24, 2.45) is 0 Å². The van der Waals surface area contributed by atoms with Crippen molar-refractivity contribution in [3.8, 4) is 0 Å². The zero-order chi connectivity index (χ0) is 5.58. The molecular weight excluding hydrogens is 152 g/mol. The Morgan fingerprint density at radius 3 is 1.14 bits per heavy atom. The first-order valence-electron chi connectivity index (χ1n) is 0.732. The van der Waals surface area contributed by atoms with Crippen LogP contribution in [-0.2, 0) is 11.4 Å². The molecule has 0 aromatic heterocycles. The summed E-state index contributed by atoms with van der Waals surface area (Å²) in [4.78, 5) is 0. The van der Waals surface area contributed by atoms with Crippen LogP contribution in [0.4, 0.5) is 0 Å². The normalized spacial score (nSPS) is 5.86. The van der Waals surface area contributed by atoms with Gasteiger partial charge in [-0.25, -0.2) is 0 Å². The first kappa shape index (κ1) is 15.7. The van der Waals surface area contributed by atoms with Gasteiger partial charge in [0, 0.05) is 0 Å². The van der Waals surface area contributed by atoms with E-state index in [0.717, 1.165) is 0 Å². The standard InChI is InChI=1S/Ca.H2O3S.H2O2.2H/c;1-4(2)3;1-2;;/h;(H2,1,2,3);1-2H;;. The second-order valence-corrected chi connectivity index (χ2v) is 0.692. The fourth-order valence-electron chi connectivity index (χ4n) is 0. The van der Waals surface area contributed by atoms with Gasteiger partial charge in [-0.1, -0.05) is 0 Å². The summed E-state index contributed by atoms with van der Waals surface area (Å²) in [6, 6.07) is 0. The van der Waals surface area contributed by atoms with Crippen LogP contribution in [0.5, 0.6) is 0 Å². The van der Waals surface area contributed by atoms with Crippen LogP contribution < -0.4 is 0 Å². The fourth-order valence-corrected chi connectivity index (χ4v) is 0. The van der Waals surface area contributed by atoms with Crippen LogP contribution in [-0.4, -0.2) is 61.6 Å². The molecule has 0 saturated heterocycles. The SMILES string of the molecule is O=S(O)O.OO.[CaH2]. The van der Waals surface area contributed by atoms with Gasteiger partial charge in [0.05, 0.1) is 0 Å². The van der Waals surface area contributed by atoms with E-state index < -0.39 is 11.4 Å². The van der Waals surface area contributed by atoms with E-state index in [0.29, 0.717) is 0 Å². The van der Waals surface area contributed by atoms with E-state index in [1.54, 1.807) is 0 Å². The van der Waals surface area contributed by atoms with Crippen molar-refractivity contribution >= 4 is 49.1 Å². The maximum atomic E-state index is 8.67. The van der Waals surface area contributed by atoms with Crippen molar-refractivity contribution in [1.29, 1.82) is 0 Å². The molecule has 0 spiro atoms. The quantitative estimate of drug-likeness (QED) is 0.153. The molecule has 0 bridgehead atoms. The molecule has 44 valence electrons. The molecule has 4 N–H and O–H groups in total. The Kier molecular flexibility index (Phi) is 35.2. The fraction of sp³-hybridized carbons (Fsp3) is 0. The molecule has 0 fully saturated rings. The van der Waals surface area contributed by atoms with Gasteiger partial charge in [0.15, 0.2) is 0 Å². The number of rotatable bonds is 0. The van der Waals surface area contributed by atoms with Crippen LogP contribution in [0, 0.1) is 0 Å². The summed E-state index contributed by atoms with van der Waals surface area (Å²) in [5.41, 5.74) is 0. The van der Waals surface area contributed by atoms with Crippen molar-refractivity contribution in [2.45, 2.75) is 0 Å². The van der Waals surface area contributed by atoms with Gasteiger partial charge in [0.2, 0.25) is 0 Å². The zero-order valence-electron chi connectivity index (χ0n) is 2.61. The zero-order valence-corrected chi connectivity index (χ0v) is 3.42. The van der Waals surface area contributed by atoms with E-state index in [1.807, 2.05) is 0 Å². The minimum absolute atomic E-state index is 0. The molecule has 0 amide bonds.